The van der Waals surface area contributed by atoms with Crippen molar-refractivity contribution in [3.63, 3.8) is 0 Å². The fourth-order valence-electron chi connectivity index (χ4n) is 3.16. The van der Waals surface area contributed by atoms with Gasteiger partial charge in [0.05, 0.1) is 20.8 Å². The van der Waals surface area contributed by atoms with Crippen molar-refractivity contribution < 1.29 is 65.7 Å². The Labute approximate surface area is 206 Å². The van der Waals surface area contributed by atoms with Crippen LogP contribution in [0.1, 0.15) is 0 Å². The molecule has 0 amide bonds. The average molecular weight is 584 g/mol. The molecule has 0 aromatic heterocycles. The van der Waals surface area contributed by atoms with Gasteiger partial charge in [0, 0.05) is 14.2 Å². The van der Waals surface area contributed by atoms with Gasteiger partial charge >= 0.3 is 23.8 Å². The van der Waals surface area contributed by atoms with E-state index < -0.39 is 61.2 Å². The maximum Gasteiger partial charge on any atom is 0.582 e. The highest BCUT2D eigenvalue weighted by Gasteiger charge is 2.54. The van der Waals surface area contributed by atoms with Gasteiger partial charge in [-0.15, -0.1) is 0 Å². The van der Waals surface area contributed by atoms with Crippen molar-refractivity contribution in [2.24, 2.45) is 15.7 Å². The zero-order chi connectivity index (χ0) is 27.5. The number of hydrogen-bond acceptors (Lipinski definition) is 17. The van der Waals surface area contributed by atoms with E-state index >= 15 is 0 Å². The van der Waals surface area contributed by atoms with E-state index in [1.54, 1.807) is 0 Å². The second kappa shape index (κ2) is 12.2. The number of hydrogen-bond donors (Lipinski definition) is 7. The molecule has 2 rings (SSSR count). The van der Waals surface area contributed by atoms with Crippen LogP contribution in [0.4, 0.5) is 0 Å². The molecule has 2 aliphatic rings. The lowest BCUT2D eigenvalue weighted by atomic mass is 10.1. The van der Waals surface area contributed by atoms with Crippen LogP contribution >= 0.6 is 23.8 Å². The average Bonchev–Trinajstić information content (AvgIpc) is 3.10. The van der Waals surface area contributed by atoms with E-state index in [1.807, 2.05) is 0 Å². The number of methoxy groups -OCH3 is 1. The quantitative estimate of drug-likeness (QED) is 0.0943. The second-order valence-electron chi connectivity index (χ2n) is 7.00. The minimum atomic E-state index is -5.43. The Morgan fingerprint density at radius 3 is 2.39 bits per heavy atom. The van der Waals surface area contributed by atoms with Crippen molar-refractivity contribution in [1.29, 1.82) is 0 Å². The summed E-state index contributed by atoms with van der Waals surface area (Å²) in [6, 6.07) is 0. The van der Waals surface area contributed by atoms with Gasteiger partial charge in [-0.2, -0.15) is 18.3 Å². The van der Waals surface area contributed by atoms with E-state index in [2.05, 4.69) is 39.7 Å². The Hall–Kier alpha value is -1.11. The summed E-state index contributed by atoms with van der Waals surface area (Å²) >= 11 is 0. The zero-order valence-electron chi connectivity index (χ0n) is 19.5. The number of aliphatic hydroxyl groups is 2. The number of nitrogens with one attached hydrogen (secondary N) is 1. The van der Waals surface area contributed by atoms with Crippen molar-refractivity contribution in [2.75, 3.05) is 35.0 Å². The van der Waals surface area contributed by atoms with Gasteiger partial charge in [0.1, 0.15) is 29.8 Å². The summed E-state index contributed by atoms with van der Waals surface area (Å²) in [7, 11) is -10.6. The predicted molar refractivity (Wildman–Crippen MR) is 121 cm³/mol. The SMILES string of the molecule is C=NC1=C(N(C)C2OC(COP(=O)(O)OP(=O)(O)O[P+](O)(OC)OC)C(OC)C2O)NC(N)=NC1O. The van der Waals surface area contributed by atoms with Crippen LogP contribution in [0.15, 0.2) is 21.5 Å². The summed E-state index contributed by atoms with van der Waals surface area (Å²) in [6.07, 6.45) is -6.38. The molecule has 0 aliphatic carbocycles. The first-order valence-corrected chi connectivity index (χ1v) is 14.2. The number of phosphoric acid groups is 2. The highest BCUT2D eigenvalue weighted by atomic mass is 31.3. The van der Waals surface area contributed by atoms with Gasteiger partial charge in [0.15, 0.2) is 18.4 Å². The van der Waals surface area contributed by atoms with E-state index in [9.17, 15) is 34.0 Å². The van der Waals surface area contributed by atoms with Crippen LogP contribution in [0.2, 0.25) is 0 Å². The fraction of sp³-hybridized carbons (Fsp3) is 0.714. The lowest BCUT2D eigenvalue weighted by molar-refractivity contribution is -0.0778. The van der Waals surface area contributed by atoms with Crippen LogP contribution in [-0.2, 0) is 40.8 Å². The first kappa shape index (κ1) is 31.1. The fourth-order valence-corrected chi connectivity index (χ4v) is 6.84. The minimum absolute atomic E-state index is 0.0296. The van der Waals surface area contributed by atoms with Crippen molar-refractivity contribution in [3.8, 4) is 0 Å². The molecule has 2 heterocycles. The Morgan fingerprint density at radius 1 is 1.25 bits per heavy atom. The Balaban J connectivity index is 2.12. The summed E-state index contributed by atoms with van der Waals surface area (Å²) < 4.78 is 57.1. The van der Waals surface area contributed by atoms with E-state index in [0.717, 1.165) is 14.2 Å². The lowest BCUT2D eigenvalue weighted by Crippen LogP contribution is -2.50. The molecular weight excluding hydrogens is 555 g/mol. The highest BCUT2D eigenvalue weighted by molar-refractivity contribution is 7.69. The summed E-state index contributed by atoms with van der Waals surface area (Å²) in [6.45, 7) is 2.57. The van der Waals surface area contributed by atoms with E-state index in [4.69, 9.17) is 19.7 Å². The number of rotatable bonds is 13. The van der Waals surface area contributed by atoms with Gasteiger partial charge in [-0.3, -0.25) is 14.4 Å². The number of aliphatic imine (C=N–C) groups is 2. The molecule has 2 aliphatic heterocycles. The maximum atomic E-state index is 12.2. The van der Waals surface area contributed by atoms with Crippen LogP contribution < -0.4 is 11.1 Å². The summed E-state index contributed by atoms with van der Waals surface area (Å²) in [5.74, 6) is -0.0650. The van der Waals surface area contributed by atoms with Crippen LogP contribution in [0.25, 0.3) is 0 Å². The Bertz CT molecular complexity index is 963. The van der Waals surface area contributed by atoms with Crippen LogP contribution in [0, 0.1) is 0 Å². The van der Waals surface area contributed by atoms with Gasteiger partial charge in [-0.05, 0) is 11.0 Å². The van der Waals surface area contributed by atoms with Crippen molar-refractivity contribution in [2.45, 2.75) is 30.8 Å². The molecule has 0 spiro atoms. The van der Waals surface area contributed by atoms with Gasteiger partial charge in [0.2, 0.25) is 0 Å². The number of aliphatic hydroxyl groups excluding tert-OH is 2. The topological polar surface area (TPSA) is 266 Å². The standard InChI is InChI=1S/C14H28N5O14P3/c1-16-8-11(17-14(15)18-12(8)21)19(2)13-9(20)10(27-3)7(31-13)6-30-34(22,23)32-35(24,25)33-36(26,28-4)29-5/h7,9-10,12-13,20-21,26H,1,6H2,2-5H3,(H4-,15,17,18,22,23,24,25)/p+1. The minimum Gasteiger partial charge on any atom is -0.386 e. The number of guanidine groups is 1. The molecule has 0 saturated carbocycles. The zero-order valence-corrected chi connectivity index (χ0v) is 22.2. The number of phosphoric ester groups is 1. The van der Waals surface area contributed by atoms with E-state index in [-0.39, 0.29) is 17.5 Å². The highest BCUT2D eigenvalue weighted by Crippen LogP contribution is 2.72. The smallest absolute Gasteiger partial charge is 0.386 e. The number of nitrogens with zero attached hydrogens (tertiary/aromatic N) is 3. The summed E-state index contributed by atoms with van der Waals surface area (Å²) in [5.41, 5.74) is 5.61. The number of nitrogens with two attached hydrogens (primary N) is 1. The molecule has 0 aromatic rings. The van der Waals surface area contributed by atoms with Crippen LogP contribution in [0.3, 0.4) is 0 Å². The van der Waals surface area contributed by atoms with Gasteiger partial charge < -0.3 is 40.5 Å². The molecule has 19 nitrogen and oxygen atoms in total. The van der Waals surface area contributed by atoms with Gasteiger partial charge in [-0.1, -0.05) is 0 Å². The number of likely N-dealkylation sites (N-methyl/N-ethyl adjacent to an activating group) is 1. The number of ether oxygens (including phenoxy) is 2. The van der Waals surface area contributed by atoms with Crippen molar-refractivity contribution in [3.05, 3.63) is 11.5 Å². The van der Waals surface area contributed by atoms with Crippen LogP contribution in [-0.4, -0.2) is 108 Å². The third kappa shape index (κ3) is 7.48. The first-order chi connectivity index (χ1) is 16.6. The summed E-state index contributed by atoms with van der Waals surface area (Å²) in [5, 5.41) is 23.4. The molecular formula is C14H29N5O14P3+. The Morgan fingerprint density at radius 2 is 1.86 bits per heavy atom. The summed E-state index contributed by atoms with van der Waals surface area (Å²) in [4.78, 5) is 37.9. The molecule has 36 heavy (non-hydrogen) atoms. The monoisotopic (exact) mass is 584 g/mol. The molecule has 0 bridgehead atoms. The van der Waals surface area contributed by atoms with Crippen LogP contribution in [0.5, 0.6) is 0 Å². The largest absolute Gasteiger partial charge is 0.582 e. The predicted octanol–water partition coefficient (Wildman–Crippen LogP) is -1.66. The first-order valence-electron chi connectivity index (χ1n) is 9.67. The van der Waals surface area contributed by atoms with Crippen molar-refractivity contribution >= 4 is 36.5 Å². The third-order valence-electron chi connectivity index (χ3n) is 4.76. The molecule has 7 atom stereocenters. The molecule has 0 aromatic carbocycles. The molecule has 1 saturated heterocycles. The molecule has 7 unspecified atom stereocenters. The molecule has 1 fully saturated rings. The Kier molecular flexibility index (Phi) is 10.5. The second-order valence-corrected chi connectivity index (χ2v) is 12.1. The van der Waals surface area contributed by atoms with E-state index in [0.29, 0.717) is 0 Å². The van der Waals surface area contributed by atoms with Gasteiger partial charge in [-0.25, -0.2) is 14.1 Å². The van der Waals surface area contributed by atoms with E-state index in [1.165, 1.54) is 19.1 Å². The molecule has 208 valence electrons. The molecule has 8 N–H and O–H groups in total. The molecule has 0 radical (unpaired) electrons. The van der Waals surface area contributed by atoms with Gasteiger partial charge in [0.25, 0.3) is 0 Å². The van der Waals surface area contributed by atoms with Crippen molar-refractivity contribution in [1.82, 2.24) is 10.2 Å². The normalized spacial score (nSPS) is 30.2. The lowest BCUT2D eigenvalue weighted by Gasteiger charge is -2.33. The third-order valence-corrected chi connectivity index (χ3v) is 9.46. The maximum absolute atomic E-state index is 12.2. The molecule has 22 heteroatoms.